The Morgan fingerprint density at radius 2 is 1.88 bits per heavy atom. The van der Waals surface area contributed by atoms with Crippen molar-refractivity contribution in [1.82, 2.24) is 0 Å². The molecule has 1 aromatic rings. The molecule has 92 valence electrons. The lowest BCUT2D eigenvalue weighted by atomic mass is 9.76. The van der Waals surface area contributed by atoms with Crippen LogP contribution in [0.2, 0.25) is 0 Å². The van der Waals surface area contributed by atoms with Crippen molar-refractivity contribution in [3.05, 3.63) is 30.3 Å². The maximum Gasteiger partial charge on any atom is 0.314 e. The van der Waals surface area contributed by atoms with Gasteiger partial charge in [0.05, 0.1) is 5.92 Å². The number of para-hydroxylation sites is 1. The molecule has 2 heteroatoms. The van der Waals surface area contributed by atoms with Crippen molar-refractivity contribution < 1.29 is 9.53 Å². The van der Waals surface area contributed by atoms with Crippen LogP contribution < -0.4 is 4.74 Å². The number of carbonyl (C=O) groups excluding carboxylic acids is 1. The average Bonchev–Trinajstić information content (AvgIpc) is 2.30. The number of hydrogen-bond donors (Lipinski definition) is 0. The summed E-state index contributed by atoms with van der Waals surface area (Å²) in [6.45, 7) is 4.42. The fourth-order valence-electron chi connectivity index (χ4n) is 2.70. The van der Waals surface area contributed by atoms with E-state index in [4.69, 9.17) is 4.74 Å². The van der Waals surface area contributed by atoms with E-state index in [1.165, 1.54) is 0 Å². The highest BCUT2D eigenvalue weighted by atomic mass is 16.5. The van der Waals surface area contributed by atoms with Crippen LogP contribution in [-0.4, -0.2) is 5.97 Å². The standard InChI is InChI=1S/C15H20O2/c1-11-8-9-14(12(2)10-11)15(16)17-13-6-4-3-5-7-13/h3-7,11-12,14H,8-10H2,1-2H3. The van der Waals surface area contributed by atoms with E-state index in [-0.39, 0.29) is 11.9 Å². The summed E-state index contributed by atoms with van der Waals surface area (Å²) in [5, 5.41) is 0. The first kappa shape index (κ1) is 12.2. The van der Waals surface area contributed by atoms with Gasteiger partial charge < -0.3 is 4.74 Å². The maximum atomic E-state index is 12.1. The number of hydrogen-bond acceptors (Lipinski definition) is 2. The summed E-state index contributed by atoms with van der Waals surface area (Å²) >= 11 is 0. The van der Waals surface area contributed by atoms with Gasteiger partial charge in [0, 0.05) is 0 Å². The Labute approximate surface area is 103 Å². The maximum absolute atomic E-state index is 12.1. The van der Waals surface area contributed by atoms with Gasteiger partial charge in [-0.05, 0) is 43.2 Å². The third-order valence-corrected chi connectivity index (χ3v) is 3.70. The second kappa shape index (κ2) is 5.35. The highest BCUT2D eigenvalue weighted by molar-refractivity contribution is 5.75. The minimum absolute atomic E-state index is 0.0596. The first-order chi connectivity index (χ1) is 8.16. The van der Waals surface area contributed by atoms with Gasteiger partial charge in [-0.15, -0.1) is 0 Å². The van der Waals surface area contributed by atoms with Crippen LogP contribution in [0.1, 0.15) is 33.1 Å². The molecule has 1 saturated carbocycles. The van der Waals surface area contributed by atoms with Crippen molar-refractivity contribution in [2.75, 3.05) is 0 Å². The summed E-state index contributed by atoms with van der Waals surface area (Å²) in [7, 11) is 0. The summed E-state index contributed by atoms with van der Waals surface area (Å²) in [4.78, 5) is 12.1. The normalized spacial score (nSPS) is 28.7. The third kappa shape index (κ3) is 3.09. The number of ether oxygens (including phenoxy) is 1. The van der Waals surface area contributed by atoms with E-state index in [9.17, 15) is 4.79 Å². The number of rotatable bonds is 2. The summed E-state index contributed by atoms with van der Waals surface area (Å²) in [6.07, 6.45) is 3.24. The SMILES string of the molecule is CC1CCC(C(=O)Oc2ccccc2)C(C)C1. The van der Waals surface area contributed by atoms with Crippen LogP contribution in [0.3, 0.4) is 0 Å². The molecule has 3 unspecified atom stereocenters. The van der Waals surface area contributed by atoms with Gasteiger partial charge in [-0.1, -0.05) is 32.0 Å². The molecule has 2 nitrogen and oxygen atoms in total. The molecular formula is C15H20O2. The second-order valence-electron chi connectivity index (χ2n) is 5.24. The van der Waals surface area contributed by atoms with Gasteiger partial charge in [-0.25, -0.2) is 0 Å². The minimum atomic E-state index is -0.0596. The Kier molecular flexibility index (Phi) is 3.82. The van der Waals surface area contributed by atoms with E-state index >= 15 is 0 Å². The fraction of sp³-hybridized carbons (Fsp3) is 0.533. The molecule has 17 heavy (non-hydrogen) atoms. The van der Waals surface area contributed by atoms with E-state index in [0.29, 0.717) is 11.7 Å². The van der Waals surface area contributed by atoms with Crippen molar-refractivity contribution in [3.63, 3.8) is 0 Å². The highest BCUT2D eigenvalue weighted by Crippen LogP contribution is 2.34. The fourth-order valence-corrected chi connectivity index (χ4v) is 2.70. The largest absolute Gasteiger partial charge is 0.426 e. The zero-order valence-corrected chi connectivity index (χ0v) is 10.6. The zero-order valence-electron chi connectivity index (χ0n) is 10.6. The molecule has 2 rings (SSSR count). The zero-order chi connectivity index (χ0) is 12.3. The minimum Gasteiger partial charge on any atom is -0.426 e. The van der Waals surface area contributed by atoms with E-state index < -0.39 is 0 Å². The van der Waals surface area contributed by atoms with Crippen LogP contribution >= 0.6 is 0 Å². The van der Waals surface area contributed by atoms with E-state index in [0.717, 1.165) is 25.2 Å². The number of esters is 1. The van der Waals surface area contributed by atoms with Crippen LogP contribution in [0.4, 0.5) is 0 Å². The average molecular weight is 232 g/mol. The summed E-state index contributed by atoms with van der Waals surface area (Å²) < 4.78 is 5.42. The molecule has 0 saturated heterocycles. The molecule has 0 spiro atoms. The van der Waals surface area contributed by atoms with Crippen LogP contribution in [0.25, 0.3) is 0 Å². The van der Waals surface area contributed by atoms with Gasteiger partial charge >= 0.3 is 5.97 Å². The quantitative estimate of drug-likeness (QED) is 0.574. The van der Waals surface area contributed by atoms with Gasteiger partial charge in [0.15, 0.2) is 0 Å². The number of benzene rings is 1. The van der Waals surface area contributed by atoms with E-state index in [1.807, 2.05) is 30.3 Å². The third-order valence-electron chi connectivity index (χ3n) is 3.70. The molecule has 0 amide bonds. The van der Waals surface area contributed by atoms with Crippen LogP contribution in [0, 0.1) is 17.8 Å². The molecule has 0 N–H and O–H groups in total. The van der Waals surface area contributed by atoms with Crippen molar-refractivity contribution in [1.29, 1.82) is 0 Å². The molecule has 1 aliphatic carbocycles. The number of carbonyl (C=O) groups is 1. The van der Waals surface area contributed by atoms with Gasteiger partial charge in [-0.2, -0.15) is 0 Å². The Morgan fingerprint density at radius 3 is 2.53 bits per heavy atom. The molecule has 0 aromatic heterocycles. The molecule has 1 fully saturated rings. The summed E-state index contributed by atoms with van der Waals surface area (Å²) in [6, 6.07) is 9.34. The van der Waals surface area contributed by atoms with Gasteiger partial charge in [0.2, 0.25) is 0 Å². The monoisotopic (exact) mass is 232 g/mol. The lowest BCUT2D eigenvalue weighted by Crippen LogP contribution is -2.31. The summed E-state index contributed by atoms with van der Waals surface area (Å²) in [5.41, 5.74) is 0. The lowest BCUT2D eigenvalue weighted by molar-refractivity contribution is -0.142. The van der Waals surface area contributed by atoms with Crippen molar-refractivity contribution >= 4 is 5.97 Å². The predicted molar refractivity (Wildman–Crippen MR) is 67.7 cm³/mol. The molecule has 0 heterocycles. The van der Waals surface area contributed by atoms with Crippen molar-refractivity contribution in [2.45, 2.75) is 33.1 Å². The van der Waals surface area contributed by atoms with Crippen molar-refractivity contribution in [3.8, 4) is 5.75 Å². The summed E-state index contributed by atoms with van der Waals surface area (Å²) in [5.74, 6) is 1.85. The Morgan fingerprint density at radius 1 is 1.18 bits per heavy atom. The predicted octanol–water partition coefficient (Wildman–Crippen LogP) is 3.66. The topological polar surface area (TPSA) is 26.3 Å². The van der Waals surface area contributed by atoms with Gasteiger partial charge in [0.25, 0.3) is 0 Å². The molecule has 1 aromatic carbocycles. The van der Waals surface area contributed by atoms with Gasteiger partial charge in [0.1, 0.15) is 5.75 Å². The van der Waals surface area contributed by atoms with Crippen LogP contribution in [0.5, 0.6) is 5.75 Å². The Balaban J connectivity index is 1.96. The van der Waals surface area contributed by atoms with Crippen LogP contribution in [0.15, 0.2) is 30.3 Å². The Bertz CT molecular complexity index is 372. The van der Waals surface area contributed by atoms with E-state index in [2.05, 4.69) is 13.8 Å². The lowest BCUT2D eigenvalue weighted by Gasteiger charge is -2.30. The smallest absolute Gasteiger partial charge is 0.314 e. The Hall–Kier alpha value is -1.31. The molecular weight excluding hydrogens is 212 g/mol. The first-order valence-corrected chi connectivity index (χ1v) is 6.43. The highest BCUT2D eigenvalue weighted by Gasteiger charge is 2.31. The molecule has 0 bridgehead atoms. The first-order valence-electron chi connectivity index (χ1n) is 6.43. The second-order valence-corrected chi connectivity index (χ2v) is 5.24. The van der Waals surface area contributed by atoms with E-state index in [1.54, 1.807) is 0 Å². The van der Waals surface area contributed by atoms with Gasteiger partial charge in [-0.3, -0.25) is 4.79 Å². The van der Waals surface area contributed by atoms with Crippen LogP contribution in [-0.2, 0) is 4.79 Å². The van der Waals surface area contributed by atoms with Crippen molar-refractivity contribution in [2.24, 2.45) is 17.8 Å². The molecule has 1 aliphatic rings. The molecule has 0 radical (unpaired) electrons. The molecule has 0 aliphatic heterocycles. The molecule has 3 atom stereocenters.